The van der Waals surface area contributed by atoms with Crippen LogP contribution >= 0.6 is 11.6 Å². The fourth-order valence-corrected chi connectivity index (χ4v) is 1.44. The van der Waals surface area contributed by atoms with Crippen molar-refractivity contribution in [2.24, 2.45) is 0 Å². The van der Waals surface area contributed by atoms with Gasteiger partial charge in [0, 0.05) is 11.6 Å². The van der Waals surface area contributed by atoms with Gasteiger partial charge in [0.2, 0.25) is 0 Å². The summed E-state index contributed by atoms with van der Waals surface area (Å²) in [5, 5.41) is 4.22. The molecule has 0 aliphatic carbocycles. The van der Waals surface area contributed by atoms with Gasteiger partial charge in [-0.25, -0.2) is 0 Å². The van der Waals surface area contributed by atoms with E-state index < -0.39 is 0 Å². The molecule has 1 nitrogen and oxygen atoms in total. The first-order valence-corrected chi connectivity index (χ1v) is 5.08. The van der Waals surface area contributed by atoms with Gasteiger partial charge < -0.3 is 5.32 Å². The quantitative estimate of drug-likeness (QED) is 0.732. The summed E-state index contributed by atoms with van der Waals surface area (Å²) in [6.45, 7) is 6.20. The molecule has 0 saturated heterocycles. The van der Waals surface area contributed by atoms with Crippen molar-refractivity contribution in [3.63, 3.8) is 0 Å². The van der Waals surface area contributed by atoms with Crippen LogP contribution < -0.4 is 5.32 Å². The third-order valence-corrected chi connectivity index (χ3v) is 2.53. The molecule has 0 amide bonds. The lowest BCUT2D eigenvalue weighted by atomic mass is 10.1. The fraction of sp³-hybridized carbons (Fsp3) is 0.455. The standard InChI is InChI=1S/C11H16ClN/c1-3-7-13-8-10-5-4-6-11(12)9(10)2/h4-6,13H,3,7-8H2,1-2H3. The summed E-state index contributed by atoms with van der Waals surface area (Å²) < 4.78 is 0. The summed E-state index contributed by atoms with van der Waals surface area (Å²) in [6, 6.07) is 6.04. The van der Waals surface area contributed by atoms with Crippen molar-refractivity contribution in [3.05, 3.63) is 34.3 Å². The minimum absolute atomic E-state index is 0.857. The van der Waals surface area contributed by atoms with E-state index in [9.17, 15) is 0 Å². The van der Waals surface area contributed by atoms with Crippen molar-refractivity contribution in [1.82, 2.24) is 5.32 Å². The molecule has 0 bridgehead atoms. The van der Waals surface area contributed by atoms with Gasteiger partial charge in [0.05, 0.1) is 0 Å². The SMILES string of the molecule is CCCNCc1cccc(Cl)c1C. The summed E-state index contributed by atoms with van der Waals surface area (Å²) >= 11 is 6.00. The summed E-state index contributed by atoms with van der Waals surface area (Å²) in [6.07, 6.45) is 1.17. The molecular weight excluding hydrogens is 182 g/mol. The summed E-state index contributed by atoms with van der Waals surface area (Å²) in [4.78, 5) is 0. The van der Waals surface area contributed by atoms with Crippen LogP contribution in [0.15, 0.2) is 18.2 Å². The average molecular weight is 198 g/mol. The van der Waals surface area contributed by atoms with Crippen molar-refractivity contribution in [2.45, 2.75) is 26.8 Å². The molecule has 0 radical (unpaired) electrons. The van der Waals surface area contributed by atoms with Gasteiger partial charge in [0.1, 0.15) is 0 Å². The lowest BCUT2D eigenvalue weighted by molar-refractivity contribution is 0.673. The van der Waals surface area contributed by atoms with E-state index in [0.717, 1.165) is 18.1 Å². The van der Waals surface area contributed by atoms with Gasteiger partial charge in [-0.1, -0.05) is 30.7 Å². The van der Waals surface area contributed by atoms with Crippen LogP contribution in [-0.4, -0.2) is 6.54 Å². The second kappa shape index (κ2) is 5.25. The van der Waals surface area contributed by atoms with E-state index in [1.165, 1.54) is 17.5 Å². The second-order valence-corrected chi connectivity index (χ2v) is 3.61. The zero-order chi connectivity index (χ0) is 9.68. The first-order chi connectivity index (χ1) is 6.25. The molecule has 1 N–H and O–H groups in total. The van der Waals surface area contributed by atoms with Crippen LogP contribution in [0, 0.1) is 6.92 Å². The minimum Gasteiger partial charge on any atom is -0.313 e. The minimum atomic E-state index is 0.857. The van der Waals surface area contributed by atoms with Crippen LogP contribution in [-0.2, 0) is 6.54 Å². The third-order valence-electron chi connectivity index (χ3n) is 2.12. The van der Waals surface area contributed by atoms with E-state index in [-0.39, 0.29) is 0 Å². The predicted molar refractivity (Wildman–Crippen MR) is 58.2 cm³/mol. The molecule has 0 spiro atoms. The van der Waals surface area contributed by atoms with E-state index in [2.05, 4.69) is 25.2 Å². The van der Waals surface area contributed by atoms with Gasteiger partial charge in [-0.15, -0.1) is 0 Å². The van der Waals surface area contributed by atoms with Crippen LogP contribution in [0.1, 0.15) is 24.5 Å². The molecule has 1 rings (SSSR count). The Morgan fingerprint density at radius 3 is 2.85 bits per heavy atom. The molecule has 0 saturated carbocycles. The first-order valence-electron chi connectivity index (χ1n) is 4.70. The molecule has 0 unspecified atom stereocenters. The smallest absolute Gasteiger partial charge is 0.0438 e. The highest BCUT2D eigenvalue weighted by molar-refractivity contribution is 6.31. The number of hydrogen-bond donors (Lipinski definition) is 1. The Labute approximate surface area is 85.1 Å². The average Bonchev–Trinajstić information content (AvgIpc) is 2.13. The Hall–Kier alpha value is -0.530. The highest BCUT2D eigenvalue weighted by atomic mass is 35.5. The zero-order valence-electron chi connectivity index (χ0n) is 8.23. The largest absolute Gasteiger partial charge is 0.313 e. The van der Waals surface area contributed by atoms with Gasteiger partial charge in [0.15, 0.2) is 0 Å². The van der Waals surface area contributed by atoms with E-state index in [0.29, 0.717) is 0 Å². The summed E-state index contributed by atoms with van der Waals surface area (Å²) in [5.41, 5.74) is 2.48. The molecule has 0 aliphatic heterocycles. The van der Waals surface area contributed by atoms with E-state index in [1.54, 1.807) is 0 Å². The summed E-state index contributed by atoms with van der Waals surface area (Å²) in [7, 11) is 0. The topological polar surface area (TPSA) is 12.0 Å². The molecule has 0 aliphatic rings. The normalized spacial score (nSPS) is 10.4. The highest BCUT2D eigenvalue weighted by Crippen LogP contribution is 2.18. The molecule has 0 fully saturated rings. The Balaban J connectivity index is 2.61. The van der Waals surface area contributed by atoms with Crippen molar-refractivity contribution < 1.29 is 0 Å². The van der Waals surface area contributed by atoms with Crippen LogP contribution in [0.3, 0.4) is 0 Å². The molecular formula is C11H16ClN. The predicted octanol–water partition coefficient (Wildman–Crippen LogP) is 3.15. The Morgan fingerprint density at radius 1 is 1.38 bits per heavy atom. The van der Waals surface area contributed by atoms with Crippen molar-refractivity contribution in [2.75, 3.05) is 6.54 Å². The maximum Gasteiger partial charge on any atom is 0.0438 e. The van der Waals surface area contributed by atoms with Crippen molar-refractivity contribution in [1.29, 1.82) is 0 Å². The molecule has 1 aromatic rings. The molecule has 13 heavy (non-hydrogen) atoms. The van der Waals surface area contributed by atoms with Crippen LogP contribution in [0.4, 0.5) is 0 Å². The Morgan fingerprint density at radius 2 is 2.15 bits per heavy atom. The van der Waals surface area contributed by atoms with Gasteiger partial charge in [-0.3, -0.25) is 0 Å². The van der Waals surface area contributed by atoms with Crippen LogP contribution in [0.2, 0.25) is 5.02 Å². The van der Waals surface area contributed by atoms with Gasteiger partial charge >= 0.3 is 0 Å². The van der Waals surface area contributed by atoms with Gasteiger partial charge in [-0.05, 0) is 37.1 Å². The zero-order valence-corrected chi connectivity index (χ0v) is 8.99. The van der Waals surface area contributed by atoms with Gasteiger partial charge in [-0.2, -0.15) is 0 Å². The van der Waals surface area contributed by atoms with Gasteiger partial charge in [0.25, 0.3) is 0 Å². The monoisotopic (exact) mass is 197 g/mol. The molecule has 2 heteroatoms. The first kappa shape index (κ1) is 10.6. The number of hydrogen-bond acceptors (Lipinski definition) is 1. The molecule has 1 aromatic carbocycles. The second-order valence-electron chi connectivity index (χ2n) is 3.20. The molecule has 0 aromatic heterocycles. The number of halogens is 1. The molecule has 72 valence electrons. The number of rotatable bonds is 4. The Bertz CT molecular complexity index is 271. The van der Waals surface area contributed by atoms with E-state index in [4.69, 9.17) is 11.6 Å². The van der Waals surface area contributed by atoms with Crippen molar-refractivity contribution >= 4 is 11.6 Å². The molecule has 0 atom stereocenters. The van der Waals surface area contributed by atoms with E-state index >= 15 is 0 Å². The lowest BCUT2D eigenvalue weighted by Gasteiger charge is -2.07. The number of nitrogens with one attached hydrogen (secondary N) is 1. The lowest BCUT2D eigenvalue weighted by Crippen LogP contribution is -2.14. The molecule has 0 heterocycles. The van der Waals surface area contributed by atoms with Crippen LogP contribution in [0.25, 0.3) is 0 Å². The maximum atomic E-state index is 6.00. The Kier molecular flexibility index (Phi) is 4.26. The highest BCUT2D eigenvalue weighted by Gasteiger charge is 2.00. The number of benzene rings is 1. The van der Waals surface area contributed by atoms with Crippen molar-refractivity contribution in [3.8, 4) is 0 Å². The fourth-order valence-electron chi connectivity index (χ4n) is 1.24. The third kappa shape index (κ3) is 3.02. The summed E-state index contributed by atoms with van der Waals surface area (Å²) in [5.74, 6) is 0. The maximum absolute atomic E-state index is 6.00. The van der Waals surface area contributed by atoms with E-state index in [1.807, 2.05) is 12.1 Å². The van der Waals surface area contributed by atoms with Crippen LogP contribution in [0.5, 0.6) is 0 Å².